The molecule has 0 spiro atoms. The van der Waals surface area contributed by atoms with Crippen molar-refractivity contribution in [3.8, 4) is 0 Å². The Balaban J connectivity index is 2.20. The van der Waals surface area contributed by atoms with Crippen LogP contribution in [0.25, 0.3) is 0 Å². The highest BCUT2D eigenvalue weighted by Gasteiger charge is 2.30. The molecule has 1 heterocycles. The highest BCUT2D eigenvalue weighted by atomic mass is 35.5. The van der Waals surface area contributed by atoms with Gasteiger partial charge in [-0.15, -0.1) is 0 Å². The highest BCUT2D eigenvalue weighted by Crippen LogP contribution is 2.28. The van der Waals surface area contributed by atoms with Crippen molar-refractivity contribution in [3.05, 3.63) is 33.8 Å². The Kier molecular flexibility index (Phi) is 4.71. The number of carbonyl (C=O) groups excluding carboxylic acids is 1. The Bertz CT molecular complexity index is 458. The molecule has 0 radical (unpaired) electrons. The van der Waals surface area contributed by atoms with Crippen molar-refractivity contribution in [2.24, 2.45) is 11.7 Å². The number of likely N-dealkylation sites (tertiary alicyclic amines) is 1. The number of rotatable bonds is 2. The molecule has 1 amide bonds. The molecular formula is C14H18Cl2N2O. The largest absolute Gasteiger partial charge is 0.338 e. The lowest BCUT2D eigenvalue weighted by atomic mass is 9.90. The first kappa shape index (κ1) is 14.6. The lowest BCUT2D eigenvalue weighted by molar-refractivity contribution is 0.0649. The van der Waals surface area contributed by atoms with E-state index in [4.69, 9.17) is 28.9 Å². The number of halogens is 2. The average Bonchev–Trinajstić information content (AvgIpc) is 2.39. The first-order chi connectivity index (χ1) is 9.04. The second-order valence-electron chi connectivity index (χ2n) is 4.97. The molecule has 5 heteroatoms. The minimum atomic E-state index is -0.0963. The predicted octanol–water partition coefficient (Wildman–Crippen LogP) is 3.19. The number of amides is 1. The summed E-state index contributed by atoms with van der Waals surface area (Å²) in [6, 6.07) is 5.29. The van der Waals surface area contributed by atoms with Crippen LogP contribution in [-0.4, -0.2) is 29.9 Å². The molecule has 1 fully saturated rings. The minimum Gasteiger partial charge on any atom is -0.338 e. The van der Waals surface area contributed by atoms with Crippen LogP contribution in [0.3, 0.4) is 0 Å². The Labute approximate surface area is 123 Å². The van der Waals surface area contributed by atoms with E-state index in [1.165, 1.54) is 0 Å². The monoisotopic (exact) mass is 300 g/mol. The van der Waals surface area contributed by atoms with Gasteiger partial charge in [0.05, 0.1) is 15.6 Å². The molecule has 0 bridgehead atoms. The maximum atomic E-state index is 12.5. The van der Waals surface area contributed by atoms with Crippen LogP contribution in [-0.2, 0) is 0 Å². The zero-order valence-corrected chi connectivity index (χ0v) is 12.4. The van der Waals surface area contributed by atoms with E-state index in [9.17, 15) is 4.79 Å². The first-order valence-corrected chi connectivity index (χ1v) is 7.29. The van der Waals surface area contributed by atoms with E-state index in [-0.39, 0.29) is 11.9 Å². The van der Waals surface area contributed by atoms with Gasteiger partial charge >= 0.3 is 0 Å². The maximum absolute atomic E-state index is 12.5. The number of piperidine rings is 1. The van der Waals surface area contributed by atoms with Gasteiger partial charge in [-0.3, -0.25) is 4.79 Å². The van der Waals surface area contributed by atoms with Crippen molar-refractivity contribution in [2.75, 3.05) is 13.1 Å². The zero-order valence-electron chi connectivity index (χ0n) is 10.9. The summed E-state index contributed by atoms with van der Waals surface area (Å²) in [6.45, 7) is 3.44. The molecule has 104 valence electrons. The molecule has 3 nitrogen and oxygen atoms in total. The molecule has 1 aromatic rings. The van der Waals surface area contributed by atoms with E-state index in [2.05, 4.69) is 6.92 Å². The number of carbonyl (C=O) groups is 1. The smallest absolute Gasteiger partial charge is 0.256 e. The highest BCUT2D eigenvalue weighted by molar-refractivity contribution is 6.39. The van der Waals surface area contributed by atoms with E-state index in [0.717, 1.165) is 12.8 Å². The summed E-state index contributed by atoms with van der Waals surface area (Å²) in [4.78, 5) is 14.3. The van der Waals surface area contributed by atoms with Crippen molar-refractivity contribution < 1.29 is 4.79 Å². The molecule has 0 aromatic heterocycles. The second-order valence-corrected chi connectivity index (χ2v) is 5.78. The van der Waals surface area contributed by atoms with Crippen LogP contribution >= 0.6 is 23.2 Å². The van der Waals surface area contributed by atoms with E-state index in [0.29, 0.717) is 34.6 Å². The molecule has 19 heavy (non-hydrogen) atoms. The van der Waals surface area contributed by atoms with Crippen LogP contribution in [0.5, 0.6) is 0 Å². The van der Waals surface area contributed by atoms with Gasteiger partial charge in [-0.2, -0.15) is 0 Å². The lowest BCUT2D eigenvalue weighted by Crippen LogP contribution is -2.49. The second kappa shape index (κ2) is 6.12. The minimum absolute atomic E-state index is 0.0963. The number of nitrogens with zero attached hydrogens (tertiary/aromatic N) is 1. The first-order valence-electron chi connectivity index (χ1n) is 6.53. The Hall–Kier alpha value is -0.770. The molecule has 2 unspecified atom stereocenters. The molecular weight excluding hydrogens is 283 g/mol. The van der Waals surface area contributed by atoms with Gasteiger partial charge in [-0.25, -0.2) is 0 Å². The number of hydrogen-bond acceptors (Lipinski definition) is 2. The van der Waals surface area contributed by atoms with Crippen LogP contribution in [0.2, 0.25) is 10.0 Å². The Morgan fingerprint density at radius 2 is 2.05 bits per heavy atom. The summed E-state index contributed by atoms with van der Waals surface area (Å²) >= 11 is 12.2. The lowest BCUT2D eigenvalue weighted by Gasteiger charge is -2.36. The van der Waals surface area contributed by atoms with Gasteiger partial charge in [0.2, 0.25) is 0 Å². The van der Waals surface area contributed by atoms with Gasteiger partial charge in [0.25, 0.3) is 5.91 Å². The molecule has 2 rings (SSSR count). The number of benzene rings is 1. The van der Waals surface area contributed by atoms with Gasteiger partial charge in [-0.05, 0) is 24.5 Å². The fourth-order valence-electron chi connectivity index (χ4n) is 2.53. The molecule has 1 aliphatic rings. The third-order valence-electron chi connectivity index (χ3n) is 3.78. The Morgan fingerprint density at radius 3 is 2.63 bits per heavy atom. The van der Waals surface area contributed by atoms with Gasteiger partial charge in [0.15, 0.2) is 0 Å². The fraction of sp³-hybridized carbons (Fsp3) is 0.500. The van der Waals surface area contributed by atoms with Crippen LogP contribution in [0.15, 0.2) is 18.2 Å². The maximum Gasteiger partial charge on any atom is 0.256 e. The van der Waals surface area contributed by atoms with E-state index in [1.54, 1.807) is 18.2 Å². The van der Waals surface area contributed by atoms with E-state index in [1.807, 2.05) is 4.90 Å². The summed E-state index contributed by atoms with van der Waals surface area (Å²) in [5.41, 5.74) is 6.46. The van der Waals surface area contributed by atoms with E-state index < -0.39 is 0 Å². The van der Waals surface area contributed by atoms with Crippen molar-refractivity contribution in [1.29, 1.82) is 0 Å². The molecule has 1 aliphatic heterocycles. The van der Waals surface area contributed by atoms with E-state index >= 15 is 0 Å². The quantitative estimate of drug-likeness (QED) is 0.912. The SMILES string of the molecule is CCC1CN(C(=O)c2c(Cl)cccc2Cl)CCC1N. The van der Waals surface area contributed by atoms with Gasteiger partial charge in [-0.1, -0.05) is 42.6 Å². The van der Waals surface area contributed by atoms with Crippen molar-refractivity contribution in [3.63, 3.8) is 0 Å². The molecule has 0 saturated carbocycles. The molecule has 2 N–H and O–H groups in total. The molecule has 0 aliphatic carbocycles. The van der Waals surface area contributed by atoms with Crippen LogP contribution < -0.4 is 5.73 Å². The van der Waals surface area contributed by atoms with Crippen LogP contribution in [0.1, 0.15) is 30.1 Å². The third-order valence-corrected chi connectivity index (χ3v) is 4.41. The summed E-state index contributed by atoms with van der Waals surface area (Å²) in [5, 5.41) is 0.806. The average molecular weight is 301 g/mol. The summed E-state index contributed by atoms with van der Waals surface area (Å²) < 4.78 is 0. The van der Waals surface area contributed by atoms with Gasteiger partial charge in [0, 0.05) is 19.1 Å². The predicted molar refractivity (Wildman–Crippen MR) is 78.7 cm³/mol. The Morgan fingerprint density at radius 1 is 1.42 bits per heavy atom. The number of hydrogen-bond donors (Lipinski definition) is 1. The third kappa shape index (κ3) is 3.04. The summed E-state index contributed by atoms with van der Waals surface area (Å²) in [6.07, 6.45) is 1.80. The van der Waals surface area contributed by atoms with Crippen molar-refractivity contribution in [1.82, 2.24) is 4.90 Å². The molecule has 2 atom stereocenters. The zero-order chi connectivity index (χ0) is 14.0. The summed E-state index contributed by atoms with van der Waals surface area (Å²) in [5.74, 6) is 0.250. The van der Waals surface area contributed by atoms with Gasteiger partial charge < -0.3 is 10.6 Å². The molecule has 1 aromatic carbocycles. The normalized spacial score (nSPS) is 23.5. The summed E-state index contributed by atoms with van der Waals surface area (Å²) in [7, 11) is 0. The molecule has 1 saturated heterocycles. The van der Waals surface area contributed by atoms with Gasteiger partial charge in [0.1, 0.15) is 0 Å². The topological polar surface area (TPSA) is 46.3 Å². The number of nitrogens with two attached hydrogens (primary N) is 1. The van der Waals surface area contributed by atoms with Crippen LogP contribution in [0, 0.1) is 5.92 Å². The standard InChI is InChI=1S/C14H18Cl2N2O/c1-2-9-8-18(7-6-12(9)17)14(19)13-10(15)4-3-5-11(13)16/h3-5,9,12H,2,6-8,17H2,1H3. The fourth-order valence-corrected chi connectivity index (χ4v) is 3.09. The van der Waals surface area contributed by atoms with Crippen molar-refractivity contribution >= 4 is 29.1 Å². The van der Waals surface area contributed by atoms with Crippen LogP contribution in [0.4, 0.5) is 0 Å². The van der Waals surface area contributed by atoms with Crippen molar-refractivity contribution in [2.45, 2.75) is 25.8 Å².